The number of methoxy groups -OCH3 is 1. The minimum atomic E-state index is -0.634. The Morgan fingerprint density at radius 2 is 1.84 bits per heavy atom. The zero-order chi connectivity index (χ0) is 22.2. The van der Waals surface area contributed by atoms with Gasteiger partial charge in [-0.1, -0.05) is 0 Å². The van der Waals surface area contributed by atoms with Gasteiger partial charge in [-0.15, -0.1) is 5.10 Å². The molecule has 0 aliphatic carbocycles. The molecule has 2 aromatic heterocycles. The fourth-order valence-electron chi connectivity index (χ4n) is 3.69. The van der Waals surface area contributed by atoms with E-state index in [0.29, 0.717) is 47.9 Å². The fourth-order valence-corrected chi connectivity index (χ4v) is 3.69. The summed E-state index contributed by atoms with van der Waals surface area (Å²) in [5, 5.41) is 12.0. The standard InChI is InChI=1S/C21H20F2N8O/c1-13-24-12-31(27-13)18-5-4-16(11-19(18)32-2)25-20-26-21-29(6-3-7-30(21)28-20)17-9-14(22)8-15(23)10-17/h4-5,8-12H,3,6-7H2,1-2H3,(H,25,28). The van der Waals surface area contributed by atoms with Gasteiger partial charge in [-0.3, -0.25) is 0 Å². The second-order valence-electron chi connectivity index (χ2n) is 7.34. The van der Waals surface area contributed by atoms with Crippen molar-refractivity contribution in [2.24, 2.45) is 0 Å². The van der Waals surface area contributed by atoms with Crippen LogP contribution in [0.1, 0.15) is 12.2 Å². The van der Waals surface area contributed by atoms with Crippen molar-refractivity contribution in [3.63, 3.8) is 0 Å². The zero-order valence-electron chi connectivity index (χ0n) is 17.5. The molecule has 2 aromatic carbocycles. The summed E-state index contributed by atoms with van der Waals surface area (Å²) < 4.78 is 36.3. The zero-order valence-corrected chi connectivity index (χ0v) is 17.5. The SMILES string of the molecule is COc1cc(Nc2nc3n(n2)CCCN3c2cc(F)cc(F)c2)ccc1-n1cnc(C)n1. The van der Waals surface area contributed by atoms with Gasteiger partial charge in [-0.2, -0.15) is 10.1 Å². The van der Waals surface area contributed by atoms with Crippen molar-refractivity contribution in [3.05, 3.63) is 60.2 Å². The predicted molar refractivity (Wildman–Crippen MR) is 114 cm³/mol. The molecule has 0 fully saturated rings. The van der Waals surface area contributed by atoms with Crippen LogP contribution in [0.25, 0.3) is 5.69 Å². The highest BCUT2D eigenvalue weighted by Crippen LogP contribution is 2.31. The van der Waals surface area contributed by atoms with Crippen molar-refractivity contribution in [3.8, 4) is 11.4 Å². The number of fused-ring (bicyclic) bond motifs is 1. The molecule has 0 radical (unpaired) electrons. The average molecular weight is 438 g/mol. The van der Waals surface area contributed by atoms with Crippen LogP contribution in [-0.4, -0.2) is 43.2 Å². The van der Waals surface area contributed by atoms with Crippen LogP contribution in [0.4, 0.5) is 32.1 Å². The van der Waals surface area contributed by atoms with Gasteiger partial charge in [0.15, 0.2) is 0 Å². The maximum Gasteiger partial charge on any atom is 0.248 e. The van der Waals surface area contributed by atoms with Crippen LogP contribution >= 0.6 is 0 Å². The highest BCUT2D eigenvalue weighted by Gasteiger charge is 2.23. The molecule has 0 atom stereocenters. The van der Waals surface area contributed by atoms with Crippen molar-refractivity contribution in [2.45, 2.75) is 19.9 Å². The number of aryl methyl sites for hydroxylation is 2. The number of benzene rings is 2. The molecule has 0 spiro atoms. The van der Waals surface area contributed by atoms with Crippen LogP contribution < -0.4 is 15.0 Å². The van der Waals surface area contributed by atoms with Gasteiger partial charge in [0.1, 0.15) is 35.2 Å². The molecule has 0 unspecified atom stereocenters. The molecule has 1 N–H and O–H groups in total. The molecule has 9 nitrogen and oxygen atoms in total. The van der Waals surface area contributed by atoms with Gasteiger partial charge >= 0.3 is 0 Å². The van der Waals surface area contributed by atoms with Crippen LogP contribution in [0.2, 0.25) is 0 Å². The summed E-state index contributed by atoms with van der Waals surface area (Å²) in [6.07, 6.45) is 2.39. The molecule has 4 aromatic rings. The van der Waals surface area contributed by atoms with Crippen molar-refractivity contribution in [2.75, 3.05) is 23.9 Å². The van der Waals surface area contributed by atoms with E-state index in [1.165, 1.54) is 12.1 Å². The first-order valence-electron chi connectivity index (χ1n) is 10.0. The van der Waals surface area contributed by atoms with E-state index in [1.54, 1.807) is 27.7 Å². The van der Waals surface area contributed by atoms with Crippen LogP contribution in [0.15, 0.2) is 42.7 Å². The monoisotopic (exact) mass is 438 g/mol. The molecule has 11 heteroatoms. The lowest BCUT2D eigenvalue weighted by Gasteiger charge is -2.27. The number of anilines is 4. The van der Waals surface area contributed by atoms with Crippen molar-refractivity contribution >= 4 is 23.3 Å². The molecule has 1 aliphatic rings. The number of nitrogens with zero attached hydrogens (tertiary/aromatic N) is 7. The number of hydrogen-bond acceptors (Lipinski definition) is 7. The molecular formula is C21H20F2N8O. The number of halogens is 2. The maximum absolute atomic E-state index is 13.7. The Hall–Kier alpha value is -4.02. The molecule has 3 heterocycles. The largest absolute Gasteiger partial charge is 0.494 e. The molecule has 0 amide bonds. The number of ether oxygens (including phenoxy) is 1. The number of hydrogen-bond donors (Lipinski definition) is 1. The Morgan fingerprint density at radius 1 is 1.03 bits per heavy atom. The topological polar surface area (TPSA) is 85.9 Å². The number of nitrogens with one attached hydrogen (secondary N) is 1. The van der Waals surface area contributed by atoms with E-state index < -0.39 is 11.6 Å². The normalized spacial score (nSPS) is 13.2. The lowest BCUT2D eigenvalue weighted by Crippen LogP contribution is -2.28. The Labute approximate surface area is 182 Å². The first kappa shape index (κ1) is 19.9. The molecule has 1 aliphatic heterocycles. The van der Waals surface area contributed by atoms with Crippen molar-refractivity contribution in [1.82, 2.24) is 29.5 Å². The summed E-state index contributed by atoms with van der Waals surface area (Å²) in [6, 6.07) is 8.95. The minimum Gasteiger partial charge on any atom is -0.494 e. The van der Waals surface area contributed by atoms with Crippen LogP contribution in [0.5, 0.6) is 5.75 Å². The smallest absolute Gasteiger partial charge is 0.248 e. The van der Waals surface area contributed by atoms with Crippen molar-refractivity contribution in [1.29, 1.82) is 0 Å². The van der Waals surface area contributed by atoms with Crippen LogP contribution in [-0.2, 0) is 6.54 Å². The van der Waals surface area contributed by atoms with E-state index in [0.717, 1.165) is 18.2 Å². The first-order valence-corrected chi connectivity index (χ1v) is 10.0. The predicted octanol–water partition coefficient (Wildman–Crippen LogP) is 3.74. The van der Waals surface area contributed by atoms with E-state index in [9.17, 15) is 8.78 Å². The van der Waals surface area contributed by atoms with Gasteiger partial charge in [-0.05, 0) is 37.6 Å². The molecule has 32 heavy (non-hydrogen) atoms. The van der Waals surface area contributed by atoms with Crippen LogP contribution in [0.3, 0.4) is 0 Å². The lowest BCUT2D eigenvalue weighted by molar-refractivity contribution is 0.412. The summed E-state index contributed by atoms with van der Waals surface area (Å²) in [7, 11) is 1.58. The molecule has 0 saturated heterocycles. The second-order valence-corrected chi connectivity index (χ2v) is 7.34. The van der Waals surface area contributed by atoms with Gasteiger partial charge in [-0.25, -0.2) is 23.1 Å². The number of aromatic nitrogens is 6. The van der Waals surface area contributed by atoms with E-state index >= 15 is 0 Å². The first-order chi connectivity index (χ1) is 15.5. The fraction of sp³-hybridized carbons (Fsp3) is 0.238. The summed E-state index contributed by atoms with van der Waals surface area (Å²) in [6.45, 7) is 3.06. The van der Waals surface area contributed by atoms with Crippen molar-refractivity contribution < 1.29 is 13.5 Å². The third-order valence-electron chi connectivity index (χ3n) is 5.09. The highest BCUT2D eigenvalue weighted by molar-refractivity contribution is 5.64. The molecular weight excluding hydrogens is 418 g/mol. The second kappa shape index (κ2) is 7.91. The Kier molecular flexibility index (Phi) is 4.92. The quantitative estimate of drug-likeness (QED) is 0.508. The van der Waals surface area contributed by atoms with E-state index in [2.05, 4.69) is 25.5 Å². The van der Waals surface area contributed by atoms with Gasteiger partial charge < -0.3 is 15.0 Å². The Morgan fingerprint density at radius 3 is 2.56 bits per heavy atom. The van der Waals surface area contributed by atoms with E-state index in [4.69, 9.17) is 4.74 Å². The molecule has 0 saturated carbocycles. The maximum atomic E-state index is 13.7. The van der Waals surface area contributed by atoms with Gasteiger partial charge in [0.25, 0.3) is 0 Å². The van der Waals surface area contributed by atoms with E-state index in [1.807, 2.05) is 25.1 Å². The minimum absolute atomic E-state index is 0.371. The molecule has 5 rings (SSSR count). The highest BCUT2D eigenvalue weighted by atomic mass is 19.1. The third-order valence-corrected chi connectivity index (χ3v) is 5.09. The van der Waals surface area contributed by atoms with Gasteiger partial charge in [0.2, 0.25) is 11.9 Å². The summed E-state index contributed by atoms with van der Waals surface area (Å²) in [4.78, 5) is 10.5. The molecule has 164 valence electrons. The van der Waals surface area contributed by atoms with Gasteiger partial charge in [0, 0.05) is 36.6 Å². The van der Waals surface area contributed by atoms with Gasteiger partial charge in [0.05, 0.1) is 7.11 Å². The average Bonchev–Trinajstić information content (AvgIpc) is 3.38. The van der Waals surface area contributed by atoms with Crippen LogP contribution in [0, 0.1) is 18.6 Å². The van der Waals surface area contributed by atoms with E-state index in [-0.39, 0.29) is 0 Å². The summed E-state index contributed by atoms with van der Waals surface area (Å²) >= 11 is 0. The third kappa shape index (κ3) is 3.72. The summed E-state index contributed by atoms with van der Waals surface area (Å²) in [5.41, 5.74) is 1.86. The summed E-state index contributed by atoms with van der Waals surface area (Å²) in [5.74, 6) is 0.876. The lowest BCUT2D eigenvalue weighted by atomic mass is 10.2. The number of rotatable bonds is 5. The Bertz CT molecular complexity index is 1260. The Balaban J connectivity index is 1.43. The molecule has 0 bridgehead atoms.